The molecule has 5 rings (SSSR count). The Morgan fingerprint density at radius 1 is 1.12 bits per heavy atom. The number of nitrogens with zero attached hydrogens (tertiary/aromatic N) is 4. The number of allylic oxidation sites excluding steroid dienone is 2. The molecule has 4 heterocycles. The standard InChI is InChI=1S/C29H28F3N7O3/c1-2-37-9-11-38(12-10-37)17-23-6-5-22(15-24(23)29(30,31)32)28(41)35-27-14-20(7-8-33-27)3-4-21-13-25-26(34-16-21)18-39(36-25)42-19-40/h5-8,13-16,18-19,34,36H,2,9-12,17H2,1H3,(H,33,35,41). The lowest BCUT2D eigenvalue weighted by atomic mass is 10.0. The van der Waals surface area contributed by atoms with Crippen molar-refractivity contribution >= 4 is 18.2 Å². The zero-order valence-electron chi connectivity index (χ0n) is 22.7. The number of carbonyl (C=O) groups is 2. The molecule has 0 saturated carbocycles. The van der Waals surface area contributed by atoms with Gasteiger partial charge in [-0.15, -0.1) is 5.17 Å². The van der Waals surface area contributed by atoms with E-state index < -0.39 is 17.6 Å². The van der Waals surface area contributed by atoms with Crippen molar-refractivity contribution in [2.75, 3.05) is 38.0 Å². The Hall–Kier alpha value is -4.80. The van der Waals surface area contributed by atoms with Gasteiger partial charge in [-0.25, -0.2) is 4.98 Å². The van der Waals surface area contributed by atoms with E-state index in [2.05, 4.69) is 44.7 Å². The van der Waals surface area contributed by atoms with Crippen molar-refractivity contribution in [3.8, 4) is 11.8 Å². The number of dihydropyridines is 1. The zero-order chi connectivity index (χ0) is 29.7. The fourth-order valence-corrected chi connectivity index (χ4v) is 4.68. The molecule has 42 heavy (non-hydrogen) atoms. The minimum absolute atomic E-state index is 0.120. The van der Waals surface area contributed by atoms with Crippen LogP contribution in [0.15, 0.2) is 72.0 Å². The van der Waals surface area contributed by atoms with E-state index in [1.165, 1.54) is 24.4 Å². The molecule has 0 unspecified atom stereocenters. The first-order valence-corrected chi connectivity index (χ1v) is 13.2. The topological polar surface area (TPSA) is 102 Å². The van der Waals surface area contributed by atoms with Gasteiger partial charge in [-0.1, -0.05) is 24.8 Å². The van der Waals surface area contributed by atoms with Crippen LogP contribution in [-0.2, 0) is 22.4 Å². The van der Waals surface area contributed by atoms with E-state index >= 15 is 0 Å². The van der Waals surface area contributed by atoms with Crippen LogP contribution in [0.3, 0.4) is 0 Å². The van der Waals surface area contributed by atoms with E-state index in [1.54, 1.807) is 24.5 Å². The number of carbonyl (C=O) groups excluding carboxylic acids is 2. The van der Waals surface area contributed by atoms with E-state index in [4.69, 9.17) is 4.84 Å². The highest BCUT2D eigenvalue weighted by atomic mass is 19.4. The summed E-state index contributed by atoms with van der Waals surface area (Å²) in [7, 11) is 0. The largest absolute Gasteiger partial charge is 0.416 e. The Morgan fingerprint density at radius 2 is 1.90 bits per heavy atom. The number of halogens is 3. The maximum atomic E-state index is 14.0. The number of piperazine rings is 1. The van der Waals surface area contributed by atoms with Crippen molar-refractivity contribution in [2.24, 2.45) is 0 Å². The quantitative estimate of drug-likeness (QED) is 0.338. The predicted octanol–water partition coefficient (Wildman–Crippen LogP) is 2.96. The van der Waals surface area contributed by atoms with Crippen LogP contribution in [-0.4, -0.2) is 65.1 Å². The van der Waals surface area contributed by atoms with Gasteiger partial charge in [0.25, 0.3) is 5.91 Å². The Bertz CT molecular complexity index is 1520. The number of rotatable bonds is 7. The van der Waals surface area contributed by atoms with Crippen LogP contribution < -0.4 is 16.1 Å². The van der Waals surface area contributed by atoms with E-state index in [0.717, 1.165) is 30.9 Å². The first kappa shape index (κ1) is 28.7. The normalized spacial score (nSPS) is 17.0. The van der Waals surface area contributed by atoms with E-state index in [-0.39, 0.29) is 30.0 Å². The summed E-state index contributed by atoms with van der Waals surface area (Å²) in [6.45, 7) is 6.43. The van der Waals surface area contributed by atoms with Crippen molar-refractivity contribution in [1.82, 2.24) is 30.7 Å². The molecule has 1 amide bonds. The number of hydrogen-bond donors (Lipinski definition) is 3. The third kappa shape index (κ3) is 6.91. The number of fused-ring (bicyclic) bond motifs is 1. The van der Waals surface area contributed by atoms with Gasteiger partial charge in [-0.05, 0) is 42.4 Å². The summed E-state index contributed by atoms with van der Waals surface area (Å²) in [6.07, 6.45) is 1.82. The molecule has 3 N–H and O–H groups in total. The van der Waals surface area contributed by atoms with Crippen molar-refractivity contribution in [3.05, 3.63) is 94.2 Å². The number of pyridine rings is 1. The number of hydrazine groups is 1. The summed E-state index contributed by atoms with van der Waals surface area (Å²) in [5, 5.41) is 6.74. The SMILES string of the molecule is CCN1CCN(Cc2ccc(C(=O)Nc3cc(C#CC4=CNC5=CN(OC=O)NC5=C4)ccn3)cc2C(F)(F)F)CC1. The first-order valence-electron chi connectivity index (χ1n) is 13.2. The second-order valence-electron chi connectivity index (χ2n) is 9.70. The first-order chi connectivity index (χ1) is 20.2. The van der Waals surface area contributed by atoms with E-state index in [1.807, 2.05) is 4.90 Å². The van der Waals surface area contributed by atoms with Crippen LogP contribution in [0.2, 0.25) is 0 Å². The maximum Gasteiger partial charge on any atom is 0.416 e. The molecule has 1 aromatic heterocycles. The van der Waals surface area contributed by atoms with Crippen LogP contribution in [0, 0.1) is 11.8 Å². The summed E-state index contributed by atoms with van der Waals surface area (Å²) >= 11 is 0. The Morgan fingerprint density at radius 3 is 2.64 bits per heavy atom. The lowest BCUT2D eigenvalue weighted by Gasteiger charge is -2.34. The number of amides is 1. The van der Waals surface area contributed by atoms with Crippen molar-refractivity contribution in [1.29, 1.82) is 0 Å². The molecule has 1 aromatic carbocycles. The van der Waals surface area contributed by atoms with Crippen LogP contribution >= 0.6 is 0 Å². The van der Waals surface area contributed by atoms with Crippen molar-refractivity contribution in [3.63, 3.8) is 0 Å². The average molecular weight is 580 g/mol. The van der Waals surface area contributed by atoms with E-state index in [9.17, 15) is 22.8 Å². The highest BCUT2D eigenvalue weighted by Crippen LogP contribution is 2.33. The van der Waals surface area contributed by atoms with E-state index in [0.29, 0.717) is 35.6 Å². The lowest BCUT2D eigenvalue weighted by Crippen LogP contribution is -2.45. The third-order valence-corrected chi connectivity index (χ3v) is 6.94. The molecule has 218 valence electrons. The zero-order valence-corrected chi connectivity index (χ0v) is 22.7. The van der Waals surface area contributed by atoms with Gasteiger partial charge >= 0.3 is 12.6 Å². The fraction of sp³-hybridized carbons (Fsp3) is 0.276. The molecule has 13 heteroatoms. The van der Waals surface area contributed by atoms with Crippen molar-refractivity contribution in [2.45, 2.75) is 19.6 Å². The number of nitrogens with one attached hydrogen (secondary N) is 3. The third-order valence-electron chi connectivity index (χ3n) is 6.94. The van der Waals surface area contributed by atoms with Gasteiger partial charge in [0, 0.05) is 61.8 Å². The second-order valence-corrected chi connectivity index (χ2v) is 9.70. The molecular formula is C29H28F3N7O3. The van der Waals surface area contributed by atoms with Gasteiger partial charge < -0.3 is 20.4 Å². The Kier molecular flexibility index (Phi) is 8.46. The molecule has 1 saturated heterocycles. The Labute approximate surface area is 240 Å². The molecule has 3 aliphatic rings. The number of hydroxylamine groups is 1. The molecule has 2 aromatic rings. The maximum absolute atomic E-state index is 14.0. The van der Waals surface area contributed by atoms with Crippen LogP contribution in [0.5, 0.6) is 0 Å². The molecular weight excluding hydrogens is 551 g/mol. The molecule has 3 aliphatic heterocycles. The molecule has 0 atom stereocenters. The Balaban J connectivity index is 1.26. The number of likely N-dealkylation sites (N-methyl/N-ethyl adjacent to an activating group) is 1. The predicted molar refractivity (Wildman–Crippen MR) is 147 cm³/mol. The summed E-state index contributed by atoms with van der Waals surface area (Å²) in [5.41, 5.74) is 4.54. The molecule has 0 bridgehead atoms. The molecule has 1 fully saturated rings. The summed E-state index contributed by atoms with van der Waals surface area (Å²) in [6, 6.07) is 6.85. The monoisotopic (exact) mass is 579 g/mol. The van der Waals surface area contributed by atoms with Crippen LogP contribution in [0.25, 0.3) is 0 Å². The van der Waals surface area contributed by atoms with Crippen LogP contribution in [0.1, 0.15) is 34.0 Å². The molecule has 10 nitrogen and oxygen atoms in total. The minimum atomic E-state index is -4.60. The van der Waals surface area contributed by atoms with Crippen LogP contribution in [0.4, 0.5) is 19.0 Å². The summed E-state index contributed by atoms with van der Waals surface area (Å²) in [4.78, 5) is 36.5. The van der Waals surface area contributed by atoms with Gasteiger partial charge in [-0.3, -0.25) is 19.9 Å². The second kappa shape index (κ2) is 12.4. The van der Waals surface area contributed by atoms with Gasteiger partial charge in [-0.2, -0.15) is 13.2 Å². The average Bonchev–Trinajstić information content (AvgIpc) is 3.38. The van der Waals surface area contributed by atoms with Gasteiger partial charge in [0.15, 0.2) is 0 Å². The number of aromatic nitrogens is 1. The number of hydrogen-bond acceptors (Lipinski definition) is 9. The molecule has 0 radical (unpaired) electrons. The number of anilines is 1. The number of alkyl halides is 3. The summed E-state index contributed by atoms with van der Waals surface area (Å²) in [5.74, 6) is 5.39. The highest BCUT2D eigenvalue weighted by molar-refractivity contribution is 6.04. The van der Waals surface area contributed by atoms with Gasteiger partial charge in [0.2, 0.25) is 0 Å². The van der Waals surface area contributed by atoms with Crippen molar-refractivity contribution < 1.29 is 27.6 Å². The van der Waals surface area contributed by atoms with Gasteiger partial charge in [0.1, 0.15) is 5.82 Å². The van der Waals surface area contributed by atoms with Gasteiger partial charge in [0.05, 0.1) is 23.2 Å². The minimum Gasteiger partial charge on any atom is -0.357 e. The molecule has 0 aliphatic carbocycles. The lowest BCUT2D eigenvalue weighted by molar-refractivity contribution is -0.168. The smallest absolute Gasteiger partial charge is 0.357 e. The number of benzene rings is 1. The fourth-order valence-electron chi connectivity index (χ4n) is 4.68. The summed E-state index contributed by atoms with van der Waals surface area (Å²) < 4.78 is 41.9. The molecule has 0 spiro atoms. The highest BCUT2D eigenvalue weighted by Gasteiger charge is 2.34.